The normalized spacial score (nSPS) is 17.9. The lowest BCUT2D eigenvalue weighted by atomic mass is 9.89. The minimum absolute atomic E-state index is 0.0474. The highest BCUT2D eigenvalue weighted by atomic mass is 32.2. The molecule has 2 aromatic rings. The number of carboxylic acids is 1. The van der Waals surface area contributed by atoms with Crippen LogP contribution in [0.5, 0.6) is 0 Å². The molecule has 0 aliphatic heterocycles. The Morgan fingerprint density at radius 1 is 1.03 bits per heavy atom. The van der Waals surface area contributed by atoms with Crippen LogP contribution >= 0.6 is 23.1 Å². The summed E-state index contributed by atoms with van der Waals surface area (Å²) in [5, 5.41) is 13.3. The summed E-state index contributed by atoms with van der Waals surface area (Å²) in [6.07, 6.45) is 14.9. The van der Waals surface area contributed by atoms with Crippen molar-refractivity contribution in [2.75, 3.05) is 5.32 Å². The number of hydrogen-bond donors (Lipinski definition) is 2. The Hall–Kier alpha value is -2.13. The number of anilines is 1. The van der Waals surface area contributed by atoms with Gasteiger partial charge in [0.1, 0.15) is 5.03 Å². The predicted octanol–water partition coefficient (Wildman–Crippen LogP) is 5.89. The number of pyridine rings is 1. The van der Waals surface area contributed by atoms with Gasteiger partial charge in [-0.2, -0.15) is 0 Å². The van der Waals surface area contributed by atoms with Gasteiger partial charge in [0.05, 0.1) is 16.0 Å². The SMILES string of the molecule is O=C(O)c1cccnc1Sc1cnc(NC(=O)N(C2CCCCC2)C2CCCCC2)s1. The zero-order valence-electron chi connectivity index (χ0n) is 17.5. The minimum Gasteiger partial charge on any atom is -0.478 e. The lowest BCUT2D eigenvalue weighted by molar-refractivity contribution is 0.0692. The molecule has 2 saturated carbocycles. The van der Waals surface area contributed by atoms with Crippen molar-refractivity contribution in [2.45, 2.75) is 85.5 Å². The quantitative estimate of drug-likeness (QED) is 0.558. The molecule has 0 spiro atoms. The number of nitrogens with zero attached hydrogens (tertiary/aromatic N) is 3. The Balaban J connectivity index is 1.45. The Kier molecular flexibility index (Phi) is 7.45. The van der Waals surface area contributed by atoms with E-state index in [9.17, 15) is 14.7 Å². The monoisotopic (exact) mass is 460 g/mol. The van der Waals surface area contributed by atoms with Crippen molar-refractivity contribution in [3.05, 3.63) is 30.1 Å². The van der Waals surface area contributed by atoms with Crippen LogP contribution in [0.2, 0.25) is 0 Å². The van der Waals surface area contributed by atoms with Gasteiger partial charge in [0.25, 0.3) is 0 Å². The number of carbonyl (C=O) groups excluding carboxylic acids is 1. The summed E-state index contributed by atoms with van der Waals surface area (Å²) in [7, 11) is 0. The van der Waals surface area contributed by atoms with Gasteiger partial charge in [-0.05, 0) is 37.8 Å². The lowest BCUT2D eigenvalue weighted by Gasteiger charge is -2.41. The standard InChI is InChI=1S/C22H28N4O3S2/c27-20(28)17-12-7-13-23-19(17)30-18-14-24-21(31-18)25-22(29)26(15-8-3-1-4-9-15)16-10-5-2-6-11-16/h7,12-16H,1-6,8-11H2,(H,27,28)(H,24,25,29). The molecule has 0 unspecified atom stereocenters. The summed E-state index contributed by atoms with van der Waals surface area (Å²) in [6, 6.07) is 3.73. The van der Waals surface area contributed by atoms with E-state index in [4.69, 9.17) is 0 Å². The van der Waals surface area contributed by atoms with Crippen LogP contribution in [0.25, 0.3) is 0 Å². The number of hydrogen-bond acceptors (Lipinski definition) is 6. The van der Waals surface area contributed by atoms with E-state index < -0.39 is 5.97 Å². The third kappa shape index (κ3) is 5.57. The first-order valence-corrected chi connectivity index (χ1v) is 12.7. The van der Waals surface area contributed by atoms with E-state index >= 15 is 0 Å². The molecular weight excluding hydrogens is 432 g/mol. The second-order valence-corrected chi connectivity index (χ2v) is 10.5. The second kappa shape index (κ2) is 10.5. The van der Waals surface area contributed by atoms with Crippen molar-refractivity contribution in [1.29, 1.82) is 0 Å². The molecule has 0 saturated heterocycles. The number of rotatable bonds is 6. The second-order valence-electron chi connectivity index (χ2n) is 8.17. The van der Waals surface area contributed by atoms with Crippen LogP contribution < -0.4 is 5.32 Å². The molecule has 2 heterocycles. The fourth-order valence-electron chi connectivity index (χ4n) is 4.60. The van der Waals surface area contributed by atoms with Gasteiger partial charge in [-0.3, -0.25) is 5.32 Å². The number of carboxylic acid groups (broad SMARTS) is 1. The average Bonchev–Trinajstić information content (AvgIpc) is 3.22. The molecule has 4 rings (SSSR count). The fourth-order valence-corrected chi connectivity index (χ4v) is 6.45. The Labute approximate surface area is 190 Å². The molecular formula is C22H28N4O3S2. The first-order chi connectivity index (χ1) is 15.1. The van der Waals surface area contributed by atoms with Crippen LogP contribution in [0.15, 0.2) is 33.8 Å². The molecule has 166 valence electrons. The van der Waals surface area contributed by atoms with Gasteiger partial charge >= 0.3 is 12.0 Å². The maximum absolute atomic E-state index is 13.3. The molecule has 2 aliphatic rings. The van der Waals surface area contributed by atoms with Crippen molar-refractivity contribution < 1.29 is 14.7 Å². The number of urea groups is 1. The molecule has 0 radical (unpaired) electrons. The van der Waals surface area contributed by atoms with Gasteiger partial charge in [0.15, 0.2) is 5.13 Å². The summed E-state index contributed by atoms with van der Waals surface area (Å²) < 4.78 is 0.790. The summed E-state index contributed by atoms with van der Waals surface area (Å²) >= 11 is 2.60. The predicted molar refractivity (Wildman–Crippen MR) is 122 cm³/mol. The van der Waals surface area contributed by atoms with Gasteiger partial charge in [-0.25, -0.2) is 19.6 Å². The zero-order valence-corrected chi connectivity index (χ0v) is 19.1. The van der Waals surface area contributed by atoms with Crippen molar-refractivity contribution in [2.24, 2.45) is 0 Å². The Morgan fingerprint density at radius 3 is 2.29 bits per heavy atom. The first-order valence-electron chi connectivity index (χ1n) is 11.0. The van der Waals surface area contributed by atoms with Crippen LogP contribution in [0.4, 0.5) is 9.93 Å². The van der Waals surface area contributed by atoms with Crippen LogP contribution in [-0.4, -0.2) is 44.1 Å². The number of amides is 2. The summed E-state index contributed by atoms with van der Waals surface area (Å²) in [5.74, 6) is -1.01. The largest absolute Gasteiger partial charge is 0.478 e. The minimum atomic E-state index is -1.01. The molecule has 2 N–H and O–H groups in total. The Bertz CT molecular complexity index is 890. The van der Waals surface area contributed by atoms with Gasteiger partial charge in [0, 0.05) is 18.3 Å². The van der Waals surface area contributed by atoms with E-state index in [-0.39, 0.29) is 11.6 Å². The van der Waals surface area contributed by atoms with Crippen LogP contribution in [-0.2, 0) is 0 Å². The van der Waals surface area contributed by atoms with Gasteiger partial charge in [-0.1, -0.05) is 61.6 Å². The Morgan fingerprint density at radius 2 is 1.68 bits per heavy atom. The molecule has 9 heteroatoms. The van der Waals surface area contributed by atoms with Crippen molar-refractivity contribution in [3.63, 3.8) is 0 Å². The van der Waals surface area contributed by atoms with E-state index in [2.05, 4.69) is 20.2 Å². The maximum atomic E-state index is 13.3. The molecule has 31 heavy (non-hydrogen) atoms. The number of thiazole rings is 1. The smallest absolute Gasteiger partial charge is 0.338 e. The molecule has 0 aromatic carbocycles. The van der Waals surface area contributed by atoms with Crippen molar-refractivity contribution in [3.8, 4) is 0 Å². The van der Waals surface area contributed by atoms with E-state index in [0.717, 1.165) is 29.9 Å². The highest BCUT2D eigenvalue weighted by molar-refractivity contribution is 8.01. The average molecular weight is 461 g/mol. The fraction of sp³-hybridized carbons (Fsp3) is 0.545. The summed E-state index contributed by atoms with van der Waals surface area (Å²) in [6.45, 7) is 0. The molecule has 2 amide bonds. The molecule has 2 fully saturated rings. The molecule has 0 atom stereocenters. The molecule has 7 nitrogen and oxygen atoms in total. The molecule has 0 bridgehead atoms. The van der Waals surface area contributed by atoms with Crippen molar-refractivity contribution >= 4 is 40.2 Å². The molecule has 2 aliphatic carbocycles. The summed E-state index contributed by atoms with van der Waals surface area (Å²) in [4.78, 5) is 35.4. The van der Waals surface area contributed by atoms with E-state index in [1.54, 1.807) is 18.5 Å². The third-order valence-electron chi connectivity index (χ3n) is 6.07. The summed E-state index contributed by atoms with van der Waals surface area (Å²) in [5.41, 5.74) is 0.159. The van der Waals surface area contributed by atoms with Gasteiger partial charge < -0.3 is 10.0 Å². The maximum Gasteiger partial charge on any atom is 0.338 e. The lowest BCUT2D eigenvalue weighted by Crippen LogP contribution is -2.50. The third-order valence-corrected chi connectivity index (χ3v) is 8.10. The number of carbonyl (C=O) groups is 2. The van der Waals surface area contributed by atoms with E-state index in [1.807, 2.05) is 0 Å². The van der Waals surface area contributed by atoms with Crippen molar-refractivity contribution in [1.82, 2.24) is 14.9 Å². The van der Waals surface area contributed by atoms with Crippen LogP contribution in [0.3, 0.4) is 0 Å². The van der Waals surface area contributed by atoms with Gasteiger partial charge in [-0.15, -0.1) is 0 Å². The number of aromatic carboxylic acids is 1. The first kappa shape index (κ1) is 22.1. The van der Waals surface area contributed by atoms with E-state index in [0.29, 0.717) is 22.2 Å². The van der Waals surface area contributed by atoms with E-state index in [1.165, 1.54) is 67.7 Å². The molecule has 2 aromatic heterocycles. The van der Waals surface area contributed by atoms with Gasteiger partial charge in [0.2, 0.25) is 0 Å². The zero-order chi connectivity index (χ0) is 21.6. The van der Waals surface area contributed by atoms with Crippen LogP contribution in [0, 0.1) is 0 Å². The number of aromatic nitrogens is 2. The topological polar surface area (TPSA) is 95.4 Å². The highest BCUT2D eigenvalue weighted by Gasteiger charge is 2.32. The highest BCUT2D eigenvalue weighted by Crippen LogP contribution is 2.35. The number of nitrogens with one attached hydrogen (secondary N) is 1. The van der Waals surface area contributed by atoms with Crippen LogP contribution in [0.1, 0.15) is 74.6 Å².